The number of carbonyl (C=O) groups excluding carboxylic acids is 3. The van der Waals surface area contributed by atoms with E-state index in [0.717, 1.165) is 0 Å². The molecule has 0 aromatic heterocycles. The van der Waals surface area contributed by atoms with E-state index in [1.165, 1.54) is 0 Å². The lowest BCUT2D eigenvalue weighted by atomic mass is 9.90. The lowest BCUT2D eigenvalue weighted by Crippen LogP contribution is -2.67. The first-order chi connectivity index (χ1) is 12.9. The number of hydrogen-bond acceptors (Lipinski definition) is 4. The zero-order chi connectivity index (χ0) is 19.6. The number of ether oxygens (including phenoxy) is 1. The van der Waals surface area contributed by atoms with Crippen LogP contribution in [0.1, 0.15) is 26.7 Å². The van der Waals surface area contributed by atoms with E-state index >= 15 is 0 Å². The van der Waals surface area contributed by atoms with Gasteiger partial charge in [-0.1, -0.05) is 13.8 Å². The molecule has 1 aromatic carbocycles. The van der Waals surface area contributed by atoms with Crippen molar-refractivity contribution in [3.8, 4) is 5.75 Å². The fraction of sp³-hybridized carbons (Fsp3) is 0.526. The summed E-state index contributed by atoms with van der Waals surface area (Å²) in [5.41, 5.74) is 0.649. The van der Waals surface area contributed by atoms with Gasteiger partial charge in [-0.25, -0.2) is 4.79 Å². The number of anilines is 1. The molecule has 2 fully saturated rings. The number of nitrogens with zero attached hydrogens (tertiary/aromatic N) is 1. The van der Waals surface area contributed by atoms with Gasteiger partial charge in [0.25, 0.3) is 0 Å². The van der Waals surface area contributed by atoms with Crippen LogP contribution in [0.4, 0.5) is 10.5 Å². The molecule has 4 amide bonds. The zero-order valence-electron chi connectivity index (χ0n) is 15.8. The van der Waals surface area contributed by atoms with Crippen LogP contribution in [0.3, 0.4) is 0 Å². The van der Waals surface area contributed by atoms with Crippen molar-refractivity contribution in [1.82, 2.24) is 15.5 Å². The quantitative estimate of drug-likeness (QED) is 0.740. The SMILES string of the molecule is COc1ccc(NC(=O)N[C@H]2CCN3C(=O)[C@@H](C(C)C)NC(=O)[C@@H]3C2)cc1. The Balaban J connectivity index is 1.56. The molecular formula is C19H26N4O4. The molecule has 0 radical (unpaired) electrons. The molecule has 3 atom stereocenters. The fourth-order valence-electron chi connectivity index (χ4n) is 3.58. The van der Waals surface area contributed by atoms with E-state index in [4.69, 9.17) is 4.74 Å². The van der Waals surface area contributed by atoms with Crippen molar-refractivity contribution in [3.05, 3.63) is 24.3 Å². The van der Waals surface area contributed by atoms with Crippen LogP contribution in [0.2, 0.25) is 0 Å². The maximum Gasteiger partial charge on any atom is 0.319 e. The summed E-state index contributed by atoms with van der Waals surface area (Å²) >= 11 is 0. The number of amides is 4. The molecular weight excluding hydrogens is 348 g/mol. The van der Waals surface area contributed by atoms with E-state index in [2.05, 4.69) is 16.0 Å². The number of urea groups is 1. The average Bonchev–Trinajstić information content (AvgIpc) is 2.65. The van der Waals surface area contributed by atoms with Crippen molar-refractivity contribution < 1.29 is 19.1 Å². The third-order valence-electron chi connectivity index (χ3n) is 5.10. The second kappa shape index (κ2) is 7.85. The third kappa shape index (κ3) is 4.15. The van der Waals surface area contributed by atoms with Gasteiger partial charge in [0, 0.05) is 18.3 Å². The molecule has 0 spiro atoms. The van der Waals surface area contributed by atoms with Crippen molar-refractivity contribution in [1.29, 1.82) is 0 Å². The number of rotatable bonds is 4. The molecule has 3 rings (SSSR count). The number of piperazine rings is 1. The Kier molecular flexibility index (Phi) is 5.53. The molecule has 0 aliphatic carbocycles. The minimum Gasteiger partial charge on any atom is -0.497 e. The molecule has 0 bridgehead atoms. The van der Waals surface area contributed by atoms with Gasteiger partial charge in [0.1, 0.15) is 17.8 Å². The summed E-state index contributed by atoms with van der Waals surface area (Å²) < 4.78 is 5.09. The van der Waals surface area contributed by atoms with Gasteiger partial charge >= 0.3 is 6.03 Å². The molecule has 27 heavy (non-hydrogen) atoms. The summed E-state index contributed by atoms with van der Waals surface area (Å²) in [7, 11) is 1.58. The highest BCUT2D eigenvalue weighted by atomic mass is 16.5. The predicted molar refractivity (Wildman–Crippen MR) is 100 cm³/mol. The summed E-state index contributed by atoms with van der Waals surface area (Å²) in [6.07, 6.45) is 1.04. The predicted octanol–water partition coefficient (Wildman–Crippen LogP) is 1.33. The molecule has 0 saturated carbocycles. The van der Waals surface area contributed by atoms with Gasteiger partial charge in [-0.05, 0) is 43.0 Å². The molecule has 2 aliphatic heterocycles. The minimum absolute atomic E-state index is 0.0317. The highest BCUT2D eigenvalue weighted by Gasteiger charge is 2.44. The van der Waals surface area contributed by atoms with Crippen molar-refractivity contribution in [2.75, 3.05) is 19.0 Å². The van der Waals surface area contributed by atoms with Crippen LogP contribution in [-0.2, 0) is 9.59 Å². The molecule has 8 heteroatoms. The Hall–Kier alpha value is -2.77. The lowest BCUT2D eigenvalue weighted by Gasteiger charge is -2.44. The van der Waals surface area contributed by atoms with Crippen molar-refractivity contribution in [2.24, 2.45) is 5.92 Å². The monoisotopic (exact) mass is 374 g/mol. The van der Waals surface area contributed by atoms with Crippen LogP contribution in [-0.4, -0.2) is 54.5 Å². The first-order valence-corrected chi connectivity index (χ1v) is 9.21. The number of methoxy groups -OCH3 is 1. The second-order valence-electron chi connectivity index (χ2n) is 7.33. The van der Waals surface area contributed by atoms with Crippen LogP contribution in [0.5, 0.6) is 5.75 Å². The first-order valence-electron chi connectivity index (χ1n) is 9.21. The number of fused-ring (bicyclic) bond motifs is 1. The van der Waals surface area contributed by atoms with Crippen LogP contribution >= 0.6 is 0 Å². The van der Waals surface area contributed by atoms with Gasteiger partial charge in [-0.2, -0.15) is 0 Å². The Labute approximate surface area is 158 Å². The smallest absolute Gasteiger partial charge is 0.319 e. The number of nitrogens with one attached hydrogen (secondary N) is 3. The summed E-state index contributed by atoms with van der Waals surface area (Å²) in [4.78, 5) is 38.9. The van der Waals surface area contributed by atoms with Gasteiger partial charge in [0.15, 0.2) is 0 Å². The molecule has 2 heterocycles. The number of carbonyl (C=O) groups is 3. The van der Waals surface area contributed by atoms with E-state index in [1.807, 2.05) is 13.8 Å². The van der Waals surface area contributed by atoms with Gasteiger partial charge in [0.05, 0.1) is 7.11 Å². The van der Waals surface area contributed by atoms with E-state index in [0.29, 0.717) is 30.8 Å². The number of hydrogen-bond donors (Lipinski definition) is 3. The lowest BCUT2D eigenvalue weighted by molar-refractivity contribution is -0.152. The maximum absolute atomic E-state index is 12.6. The maximum atomic E-state index is 12.6. The third-order valence-corrected chi connectivity index (χ3v) is 5.10. The summed E-state index contributed by atoms with van der Waals surface area (Å²) in [6.45, 7) is 4.30. The Morgan fingerprint density at radius 2 is 1.96 bits per heavy atom. The molecule has 2 saturated heterocycles. The summed E-state index contributed by atoms with van der Waals surface area (Å²) in [5.74, 6) is 0.584. The summed E-state index contributed by atoms with van der Waals surface area (Å²) in [5, 5.41) is 8.49. The van der Waals surface area contributed by atoms with Gasteiger partial charge in [-0.15, -0.1) is 0 Å². The van der Waals surface area contributed by atoms with E-state index in [1.54, 1.807) is 36.3 Å². The second-order valence-corrected chi connectivity index (χ2v) is 7.33. The Bertz CT molecular complexity index is 719. The highest BCUT2D eigenvalue weighted by molar-refractivity contribution is 5.97. The largest absolute Gasteiger partial charge is 0.497 e. The number of benzene rings is 1. The molecule has 2 aliphatic rings. The zero-order valence-corrected chi connectivity index (χ0v) is 15.8. The van der Waals surface area contributed by atoms with Crippen molar-refractivity contribution in [2.45, 2.75) is 44.8 Å². The van der Waals surface area contributed by atoms with Gasteiger partial charge in [-0.3, -0.25) is 9.59 Å². The van der Waals surface area contributed by atoms with Crippen molar-refractivity contribution in [3.63, 3.8) is 0 Å². The topological polar surface area (TPSA) is 99.8 Å². The molecule has 1 aromatic rings. The summed E-state index contributed by atoms with van der Waals surface area (Å²) in [6, 6.07) is 5.54. The van der Waals surface area contributed by atoms with Crippen LogP contribution in [0.15, 0.2) is 24.3 Å². The van der Waals surface area contributed by atoms with Crippen LogP contribution < -0.4 is 20.7 Å². The average molecular weight is 374 g/mol. The molecule has 146 valence electrons. The van der Waals surface area contributed by atoms with E-state index in [-0.39, 0.29) is 29.8 Å². The molecule has 0 unspecified atom stereocenters. The minimum atomic E-state index is -0.521. The van der Waals surface area contributed by atoms with E-state index < -0.39 is 12.1 Å². The van der Waals surface area contributed by atoms with E-state index in [9.17, 15) is 14.4 Å². The van der Waals surface area contributed by atoms with Gasteiger partial charge < -0.3 is 25.6 Å². The Morgan fingerprint density at radius 1 is 1.26 bits per heavy atom. The van der Waals surface area contributed by atoms with Crippen molar-refractivity contribution >= 4 is 23.5 Å². The molecule has 8 nitrogen and oxygen atoms in total. The normalized spacial score (nSPS) is 24.9. The highest BCUT2D eigenvalue weighted by Crippen LogP contribution is 2.24. The van der Waals surface area contributed by atoms with Gasteiger partial charge in [0.2, 0.25) is 11.8 Å². The number of piperidine rings is 1. The van der Waals surface area contributed by atoms with Crippen LogP contribution in [0.25, 0.3) is 0 Å². The first kappa shape index (κ1) is 19.0. The molecule has 3 N–H and O–H groups in total. The standard InChI is InChI=1S/C19H26N4O4/c1-11(2)16-18(25)23-9-8-13(10-15(23)17(24)22-16)21-19(26)20-12-4-6-14(27-3)7-5-12/h4-7,11,13,15-16H,8-10H2,1-3H3,(H,22,24)(H2,20,21,26)/t13-,15-,16+/m0/s1. The van der Waals surface area contributed by atoms with Crippen LogP contribution in [0, 0.1) is 5.92 Å². The fourth-order valence-corrected chi connectivity index (χ4v) is 3.58. The Morgan fingerprint density at radius 3 is 2.59 bits per heavy atom.